The van der Waals surface area contributed by atoms with Crippen molar-refractivity contribution in [3.05, 3.63) is 41.0 Å². The number of nitrogens with zero attached hydrogens (tertiary/aromatic N) is 1. The number of esters is 1. The van der Waals surface area contributed by atoms with Gasteiger partial charge in [-0.3, -0.25) is 4.79 Å². The molecule has 0 spiro atoms. The zero-order chi connectivity index (χ0) is 21.8. The van der Waals surface area contributed by atoms with Gasteiger partial charge in [0, 0.05) is 11.6 Å². The number of carbonyl (C=O) groups excluding carboxylic acids is 1. The fourth-order valence-electron chi connectivity index (χ4n) is 7.16. The van der Waals surface area contributed by atoms with Gasteiger partial charge < -0.3 is 14.5 Å². The molecule has 0 amide bonds. The average Bonchev–Trinajstić information content (AvgIpc) is 3.00. The summed E-state index contributed by atoms with van der Waals surface area (Å²) in [6, 6.07) is 9.32. The van der Waals surface area contributed by atoms with E-state index in [1.807, 2.05) is 0 Å². The number of fused-ring (bicyclic) bond motifs is 2. The van der Waals surface area contributed by atoms with Crippen LogP contribution in [0.1, 0.15) is 58.4 Å². The van der Waals surface area contributed by atoms with Crippen molar-refractivity contribution in [3.63, 3.8) is 0 Å². The average molecular weight is 424 g/mol. The molecule has 2 aliphatic heterocycles. The first-order valence-corrected chi connectivity index (χ1v) is 12.4. The highest BCUT2D eigenvalue weighted by molar-refractivity contribution is 5.75. The van der Waals surface area contributed by atoms with Crippen molar-refractivity contribution >= 4 is 11.7 Å². The molecule has 6 atom stereocenters. The number of hydrogen-bond donors (Lipinski definition) is 1. The van der Waals surface area contributed by atoms with Gasteiger partial charge in [0.2, 0.25) is 0 Å². The first-order chi connectivity index (χ1) is 14.8. The van der Waals surface area contributed by atoms with Crippen LogP contribution in [0.2, 0.25) is 0 Å². The summed E-state index contributed by atoms with van der Waals surface area (Å²) < 4.78 is 6.01. The Balaban J connectivity index is 1.27. The third-order valence-corrected chi connectivity index (χ3v) is 8.84. The highest BCUT2D eigenvalue weighted by Crippen LogP contribution is 2.54. The van der Waals surface area contributed by atoms with E-state index >= 15 is 0 Å². The smallest absolute Gasteiger partial charge is 0.315 e. The minimum absolute atomic E-state index is 0.0736. The van der Waals surface area contributed by atoms with E-state index in [9.17, 15) is 4.79 Å². The van der Waals surface area contributed by atoms with Crippen LogP contribution in [0.3, 0.4) is 0 Å². The summed E-state index contributed by atoms with van der Waals surface area (Å²) in [4.78, 5) is 17.1. The number of nitrogens with one attached hydrogen (secondary N) is 1. The van der Waals surface area contributed by atoms with E-state index in [2.05, 4.69) is 56.9 Å². The molecule has 1 unspecified atom stereocenters. The van der Waals surface area contributed by atoms with E-state index in [1.165, 1.54) is 30.5 Å². The second kappa shape index (κ2) is 7.95. The summed E-state index contributed by atoms with van der Waals surface area (Å²) in [5.74, 6) is 0.544. The standard InChI is InChI=1S/C27H38N2O2/c1-18-7-5-9-21(13-18)29-12-11-28(16-20(29)3)17-23-22-14-24-19(2)8-6-10-27(24,4)15-25(22)31-26(23)30/h5,7,9,13,20,22-23,25H,6,8,10-12,14-17H2,1-4H3/p+1/t20-,22+,23-,25-,27-/m0/s1. The van der Waals surface area contributed by atoms with Crippen LogP contribution in [0, 0.1) is 24.2 Å². The zero-order valence-electron chi connectivity index (χ0n) is 19.7. The van der Waals surface area contributed by atoms with E-state index in [-0.39, 0.29) is 23.4 Å². The molecule has 3 fully saturated rings. The van der Waals surface area contributed by atoms with Crippen molar-refractivity contribution < 1.29 is 14.4 Å². The number of ether oxygens (including phenoxy) is 1. The zero-order valence-corrected chi connectivity index (χ0v) is 19.7. The molecule has 168 valence electrons. The van der Waals surface area contributed by atoms with Gasteiger partial charge in [-0.25, -0.2) is 0 Å². The van der Waals surface area contributed by atoms with Crippen LogP contribution < -0.4 is 9.80 Å². The number of rotatable bonds is 3. The number of benzene rings is 1. The number of quaternary nitrogens is 1. The lowest BCUT2D eigenvalue weighted by Gasteiger charge is -2.46. The SMILES string of the molecule is CC1=C2C[C@H]3[C@H](C[C@]2(C)CCC1)OC(=O)[C@H]3C[NH+]1CCN(c2cccc(C)c2)[C@@H](C)C1. The van der Waals surface area contributed by atoms with Gasteiger partial charge in [0.1, 0.15) is 12.0 Å². The number of piperazine rings is 1. The predicted octanol–water partition coefficient (Wildman–Crippen LogP) is 3.55. The van der Waals surface area contributed by atoms with Crippen LogP contribution in [0.25, 0.3) is 0 Å². The van der Waals surface area contributed by atoms with Crippen LogP contribution in [0.4, 0.5) is 5.69 Å². The van der Waals surface area contributed by atoms with Gasteiger partial charge >= 0.3 is 5.97 Å². The number of allylic oxidation sites excluding steroid dienone is 2. The van der Waals surface area contributed by atoms with Crippen LogP contribution in [-0.4, -0.2) is 44.3 Å². The molecular weight excluding hydrogens is 384 g/mol. The minimum Gasteiger partial charge on any atom is -0.462 e. The predicted molar refractivity (Wildman–Crippen MR) is 124 cm³/mol. The van der Waals surface area contributed by atoms with Gasteiger partial charge in [-0.05, 0) is 76.0 Å². The number of carbonyl (C=O) groups is 1. The van der Waals surface area contributed by atoms with Gasteiger partial charge in [0.25, 0.3) is 0 Å². The molecule has 1 saturated carbocycles. The first-order valence-electron chi connectivity index (χ1n) is 12.4. The molecule has 2 aliphatic carbocycles. The van der Waals surface area contributed by atoms with Gasteiger partial charge in [0.05, 0.1) is 32.2 Å². The Kier molecular flexibility index (Phi) is 5.40. The lowest BCUT2D eigenvalue weighted by Crippen LogP contribution is -3.16. The van der Waals surface area contributed by atoms with Crippen molar-refractivity contribution in [2.75, 3.05) is 31.1 Å². The summed E-state index contributed by atoms with van der Waals surface area (Å²) in [5, 5.41) is 0. The molecule has 5 rings (SSSR count). The normalized spacial score (nSPS) is 38.0. The molecule has 2 heterocycles. The van der Waals surface area contributed by atoms with E-state index in [0.29, 0.717) is 12.0 Å². The molecule has 4 nitrogen and oxygen atoms in total. The summed E-state index contributed by atoms with van der Waals surface area (Å²) >= 11 is 0. The number of hydrogen-bond acceptors (Lipinski definition) is 3. The van der Waals surface area contributed by atoms with Crippen molar-refractivity contribution in [2.24, 2.45) is 17.3 Å². The Bertz CT molecular complexity index is 893. The fourth-order valence-corrected chi connectivity index (χ4v) is 7.16. The Morgan fingerprint density at radius 1 is 1.29 bits per heavy atom. The number of anilines is 1. The fraction of sp³-hybridized carbons (Fsp3) is 0.667. The first kappa shape index (κ1) is 21.1. The largest absolute Gasteiger partial charge is 0.462 e. The lowest BCUT2D eigenvalue weighted by atomic mass is 9.59. The molecule has 0 radical (unpaired) electrons. The van der Waals surface area contributed by atoms with Crippen molar-refractivity contribution in [3.8, 4) is 0 Å². The van der Waals surface area contributed by atoms with E-state index in [4.69, 9.17) is 4.74 Å². The monoisotopic (exact) mass is 423 g/mol. The summed E-state index contributed by atoms with van der Waals surface area (Å²) in [5.41, 5.74) is 6.17. The minimum atomic E-state index is 0.0736. The van der Waals surface area contributed by atoms with Gasteiger partial charge in [0.15, 0.2) is 0 Å². The van der Waals surface area contributed by atoms with Gasteiger partial charge in [-0.2, -0.15) is 0 Å². The quantitative estimate of drug-likeness (QED) is 0.596. The second-order valence-electron chi connectivity index (χ2n) is 11.1. The molecule has 2 saturated heterocycles. The van der Waals surface area contributed by atoms with Crippen LogP contribution >= 0.6 is 0 Å². The maximum atomic E-state index is 12.9. The molecule has 0 bridgehead atoms. The summed E-state index contributed by atoms with van der Waals surface area (Å²) in [6.07, 6.45) is 6.05. The molecule has 0 aromatic heterocycles. The van der Waals surface area contributed by atoms with Crippen LogP contribution in [-0.2, 0) is 9.53 Å². The van der Waals surface area contributed by atoms with Gasteiger partial charge in [-0.1, -0.05) is 30.2 Å². The lowest BCUT2D eigenvalue weighted by molar-refractivity contribution is -0.905. The highest BCUT2D eigenvalue weighted by atomic mass is 16.6. The highest BCUT2D eigenvalue weighted by Gasteiger charge is 2.54. The van der Waals surface area contributed by atoms with Crippen LogP contribution in [0.5, 0.6) is 0 Å². The van der Waals surface area contributed by atoms with Crippen molar-refractivity contribution in [2.45, 2.75) is 71.9 Å². The number of aryl methyl sites for hydroxylation is 1. The Morgan fingerprint density at radius 2 is 2.13 bits per heavy atom. The third-order valence-electron chi connectivity index (χ3n) is 8.84. The molecule has 4 heteroatoms. The molecule has 1 aromatic rings. The second-order valence-corrected chi connectivity index (χ2v) is 11.1. The topological polar surface area (TPSA) is 34.0 Å². The molecular formula is C27H39N2O2+. The molecule has 31 heavy (non-hydrogen) atoms. The van der Waals surface area contributed by atoms with Gasteiger partial charge in [-0.15, -0.1) is 0 Å². The van der Waals surface area contributed by atoms with E-state index < -0.39 is 0 Å². The molecule has 1 N–H and O–H groups in total. The maximum Gasteiger partial charge on any atom is 0.315 e. The summed E-state index contributed by atoms with van der Waals surface area (Å²) in [7, 11) is 0. The van der Waals surface area contributed by atoms with E-state index in [1.54, 1.807) is 16.0 Å². The molecule has 4 aliphatic rings. The Morgan fingerprint density at radius 3 is 2.90 bits per heavy atom. The van der Waals surface area contributed by atoms with Crippen LogP contribution in [0.15, 0.2) is 35.4 Å². The maximum absolute atomic E-state index is 12.9. The Hall–Kier alpha value is -1.81. The molecule has 1 aromatic carbocycles. The summed E-state index contributed by atoms with van der Waals surface area (Å²) in [6.45, 7) is 13.4. The third kappa shape index (κ3) is 3.82. The van der Waals surface area contributed by atoms with E-state index in [0.717, 1.165) is 39.0 Å². The van der Waals surface area contributed by atoms with Crippen molar-refractivity contribution in [1.29, 1.82) is 0 Å². The van der Waals surface area contributed by atoms with Crippen molar-refractivity contribution in [1.82, 2.24) is 0 Å². The Labute approximate surface area is 187 Å².